The number of nitro benzene ring substituents is 1. The van der Waals surface area contributed by atoms with Gasteiger partial charge in [0.2, 0.25) is 0 Å². The third-order valence-corrected chi connectivity index (χ3v) is 3.15. The van der Waals surface area contributed by atoms with E-state index in [1.165, 1.54) is 20.3 Å². The van der Waals surface area contributed by atoms with Crippen molar-refractivity contribution in [3.63, 3.8) is 0 Å². The third kappa shape index (κ3) is 4.69. The number of carbonyl (C=O) groups excluding carboxylic acids is 2. The van der Waals surface area contributed by atoms with Crippen LogP contribution in [0.15, 0.2) is 24.3 Å². The summed E-state index contributed by atoms with van der Waals surface area (Å²) in [6.07, 6.45) is -1.41. The largest absolute Gasteiger partial charge is 0.493 e. The number of esters is 2. The van der Waals surface area contributed by atoms with Crippen LogP contribution < -0.4 is 9.47 Å². The lowest BCUT2D eigenvalue weighted by atomic mass is 10.00. The first-order valence-corrected chi connectivity index (χ1v) is 7.20. The molecular weight excluding hydrogens is 334 g/mol. The maximum atomic E-state index is 12.0. The first kappa shape index (κ1) is 19.9. The van der Waals surface area contributed by atoms with Gasteiger partial charge < -0.3 is 18.9 Å². The Morgan fingerprint density at radius 1 is 1.24 bits per heavy atom. The van der Waals surface area contributed by atoms with Crippen LogP contribution in [0.1, 0.15) is 25.5 Å². The van der Waals surface area contributed by atoms with E-state index in [0.717, 1.165) is 13.0 Å². The second-order valence-corrected chi connectivity index (χ2v) is 4.76. The van der Waals surface area contributed by atoms with E-state index >= 15 is 0 Å². The second kappa shape index (κ2) is 8.67. The highest BCUT2D eigenvalue weighted by atomic mass is 16.6. The van der Waals surface area contributed by atoms with Crippen LogP contribution in [0.5, 0.6) is 11.5 Å². The summed E-state index contributed by atoms with van der Waals surface area (Å²) < 4.78 is 20.1. The van der Waals surface area contributed by atoms with Crippen molar-refractivity contribution in [1.82, 2.24) is 0 Å². The summed E-state index contributed by atoms with van der Waals surface area (Å²) in [5, 5.41) is 11.4. The number of benzene rings is 1. The monoisotopic (exact) mass is 353 g/mol. The van der Waals surface area contributed by atoms with Gasteiger partial charge in [0, 0.05) is 6.92 Å². The molecule has 0 spiro atoms. The molecule has 136 valence electrons. The Labute approximate surface area is 144 Å². The van der Waals surface area contributed by atoms with Gasteiger partial charge in [0.05, 0.1) is 43.0 Å². The minimum atomic E-state index is -1.41. The van der Waals surface area contributed by atoms with Gasteiger partial charge in [-0.3, -0.25) is 14.9 Å². The molecule has 9 nitrogen and oxygen atoms in total. The van der Waals surface area contributed by atoms with Gasteiger partial charge in [-0.2, -0.15) is 0 Å². The maximum Gasteiger partial charge on any atom is 0.337 e. The van der Waals surface area contributed by atoms with E-state index in [0.29, 0.717) is 0 Å². The molecule has 0 radical (unpaired) electrons. The van der Waals surface area contributed by atoms with Gasteiger partial charge in [0.25, 0.3) is 5.69 Å². The summed E-state index contributed by atoms with van der Waals surface area (Å²) >= 11 is 0. The number of nitrogens with zero attached hydrogens (tertiary/aromatic N) is 1. The Morgan fingerprint density at radius 2 is 1.80 bits per heavy atom. The lowest BCUT2D eigenvalue weighted by Crippen LogP contribution is -2.19. The molecule has 0 aliphatic heterocycles. The van der Waals surface area contributed by atoms with E-state index < -0.39 is 28.7 Å². The molecule has 0 N–H and O–H groups in total. The minimum absolute atomic E-state index is 0.0681. The molecule has 1 atom stereocenters. The highest BCUT2D eigenvalue weighted by Gasteiger charge is 2.33. The van der Waals surface area contributed by atoms with E-state index in [-0.39, 0.29) is 29.2 Å². The molecule has 0 aliphatic rings. The molecule has 0 aliphatic carbocycles. The summed E-state index contributed by atoms with van der Waals surface area (Å²) in [5.41, 5.74) is -0.766. The van der Waals surface area contributed by atoms with Crippen molar-refractivity contribution in [3.05, 3.63) is 40.0 Å². The Morgan fingerprint density at radius 3 is 2.24 bits per heavy atom. The fourth-order valence-electron chi connectivity index (χ4n) is 2.07. The highest BCUT2D eigenvalue weighted by molar-refractivity contribution is 5.90. The summed E-state index contributed by atoms with van der Waals surface area (Å²) in [4.78, 5) is 34.1. The van der Waals surface area contributed by atoms with Crippen molar-refractivity contribution < 1.29 is 33.5 Å². The average molecular weight is 353 g/mol. The molecule has 0 bridgehead atoms. The zero-order chi connectivity index (χ0) is 19.1. The number of hydrogen-bond donors (Lipinski definition) is 0. The Kier molecular flexibility index (Phi) is 6.92. The maximum absolute atomic E-state index is 12.0. The van der Waals surface area contributed by atoms with Crippen molar-refractivity contribution in [2.24, 2.45) is 0 Å². The van der Waals surface area contributed by atoms with Crippen molar-refractivity contribution in [1.29, 1.82) is 0 Å². The molecule has 1 rings (SSSR count). The normalized spacial score (nSPS) is 11.2. The van der Waals surface area contributed by atoms with Gasteiger partial charge in [-0.05, 0) is 13.0 Å². The van der Waals surface area contributed by atoms with Gasteiger partial charge in [-0.15, -0.1) is 0 Å². The van der Waals surface area contributed by atoms with Crippen LogP contribution in [0.2, 0.25) is 0 Å². The van der Waals surface area contributed by atoms with Crippen LogP contribution in [0.3, 0.4) is 0 Å². The molecule has 0 saturated carbocycles. The number of nitro groups is 1. The Balaban J connectivity index is 3.56. The van der Waals surface area contributed by atoms with E-state index in [1.807, 2.05) is 0 Å². The molecule has 0 heterocycles. The third-order valence-electron chi connectivity index (χ3n) is 3.15. The Hall–Kier alpha value is -3.10. The van der Waals surface area contributed by atoms with Crippen LogP contribution in [-0.2, 0) is 19.1 Å². The van der Waals surface area contributed by atoms with E-state index in [4.69, 9.17) is 18.9 Å². The summed E-state index contributed by atoms with van der Waals surface area (Å²) in [7, 11) is 2.66. The molecular formula is C16H19NO8. The van der Waals surface area contributed by atoms with Crippen LogP contribution in [0, 0.1) is 10.1 Å². The van der Waals surface area contributed by atoms with Crippen LogP contribution >= 0.6 is 0 Å². The fourth-order valence-corrected chi connectivity index (χ4v) is 2.07. The number of hydrogen-bond acceptors (Lipinski definition) is 8. The summed E-state index contributed by atoms with van der Waals surface area (Å²) in [6, 6.07) is 2.37. The first-order valence-electron chi connectivity index (χ1n) is 7.20. The highest BCUT2D eigenvalue weighted by Crippen LogP contribution is 2.40. The van der Waals surface area contributed by atoms with E-state index in [9.17, 15) is 19.7 Å². The van der Waals surface area contributed by atoms with Crippen LogP contribution in [-0.4, -0.2) is 37.7 Å². The van der Waals surface area contributed by atoms with Crippen molar-refractivity contribution in [2.75, 3.05) is 20.8 Å². The predicted octanol–water partition coefficient (Wildman–Crippen LogP) is 2.34. The molecule has 1 aromatic rings. The Bertz CT molecular complexity index is 698. The SMILES string of the molecule is C=C(C(=O)OCC)C(OC(C)=O)c1cc(OC)c(OC)cc1[N+](=O)[O-]. The standard InChI is InChI=1S/C16H19NO8/c1-6-24-16(19)9(2)15(25-10(3)18)11-7-13(22-4)14(23-5)8-12(11)17(20)21/h7-8,15H,2,6H2,1,3-5H3. The number of rotatable bonds is 8. The van der Waals surface area contributed by atoms with Gasteiger partial charge in [-0.1, -0.05) is 6.58 Å². The van der Waals surface area contributed by atoms with Crippen molar-refractivity contribution >= 4 is 17.6 Å². The summed E-state index contributed by atoms with van der Waals surface area (Å²) in [6.45, 7) is 6.32. The van der Waals surface area contributed by atoms with Gasteiger partial charge in [-0.25, -0.2) is 4.79 Å². The first-order chi connectivity index (χ1) is 11.8. The molecule has 1 aromatic carbocycles. The van der Waals surface area contributed by atoms with Crippen LogP contribution in [0.25, 0.3) is 0 Å². The molecule has 0 fully saturated rings. The van der Waals surface area contributed by atoms with Crippen molar-refractivity contribution in [3.8, 4) is 11.5 Å². The second-order valence-electron chi connectivity index (χ2n) is 4.76. The lowest BCUT2D eigenvalue weighted by molar-refractivity contribution is -0.386. The van der Waals surface area contributed by atoms with Crippen molar-refractivity contribution in [2.45, 2.75) is 20.0 Å². The van der Waals surface area contributed by atoms with E-state index in [2.05, 4.69) is 6.58 Å². The van der Waals surface area contributed by atoms with Gasteiger partial charge in [0.1, 0.15) is 0 Å². The van der Waals surface area contributed by atoms with Crippen LogP contribution in [0.4, 0.5) is 5.69 Å². The zero-order valence-electron chi connectivity index (χ0n) is 14.4. The van der Waals surface area contributed by atoms with E-state index in [1.54, 1.807) is 6.92 Å². The average Bonchev–Trinajstić information content (AvgIpc) is 2.57. The fraction of sp³-hybridized carbons (Fsp3) is 0.375. The molecule has 25 heavy (non-hydrogen) atoms. The smallest absolute Gasteiger partial charge is 0.337 e. The molecule has 1 unspecified atom stereocenters. The number of methoxy groups -OCH3 is 2. The van der Waals surface area contributed by atoms with Gasteiger partial charge >= 0.3 is 11.9 Å². The topological polar surface area (TPSA) is 114 Å². The quantitative estimate of drug-likeness (QED) is 0.303. The minimum Gasteiger partial charge on any atom is -0.493 e. The molecule has 9 heteroatoms. The molecule has 0 amide bonds. The molecule has 0 aromatic heterocycles. The molecule has 0 saturated heterocycles. The summed E-state index contributed by atoms with van der Waals surface area (Å²) in [5.74, 6) is -1.31. The van der Waals surface area contributed by atoms with Gasteiger partial charge in [0.15, 0.2) is 17.6 Å². The lowest BCUT2D eigenvalue weighted by Gasteiger charge is -2.20. The number of ether oxygens (including phenoxy) is 4. The zero-order valence-corrected chi connectivity index (χ0v) is 14.4. The predicted molar refractivity (Wildman–Crippen MR) is 86.5 cm³/mol. The number of carbonyl (C=O) groups is 2.